The lowest BCUT2D eigenvalue weighted by atomic mass is 9.87. The third-order valence-corrected chi connectivity index (χ3v) is 5.12. The normalized spacial score (nSPS) is 20.8. The van der Waals surface area contributed by atoms with Gasteiger partial charge in [-0.2, -0.15) is 5.10 Å². The van der Waals surface area contributed by atoms with Crippen molar-refractivity contribution >= 4 is 11.7 Å². The van der Waals surface area contributed by atoms with Crippen LogP contribution >= 0.6 is 0 Å². The topological polar surface area (TPSA) is 78.0 Å². The number of fused-ring (bicyclic) bond motifs is 1. The van der Waals surface area contributed by atoms with Gasteiger partial charge in [0.25, 0.3) is 0 Å². The van der Waals surface area contributed by atoms with Gasteiger partial charge in [0.2, 0.25) is 5.91 Å². The van der Waals surface area contributed by atoms with Gasteiger partial charge in [0.05, 0.1) is 11.9 Å². The second kappa shape index (κ2) is 6.22. The van der Waals surface area contributed by atoms with Crippen LogP contribution in [-0.2, 0) is 17.6 Å². The van der Waals surface area contributed by atoms with Crippen molar-refractivity contribution in [1.82, 2.24) is 25.1 Å². The van der Waals surface area contributed by atoms with Crippen molar-refractivity contribution in [1.29, 1.82) is 0 Å². The molecule has 7 nitrogen and oxygen atoms in total. The SMILES string of the molecule is Cc1nccnc1N1CCN(C(=O)C2CCc3cn[nH]c3C2)CC1. The molecule has 1 aliphatic carbocycles. The summed E-state index contributed by atoms with van der Waals surface area (Å²) in [4.78, 5) is 25.8. The number of H-pyrrole nitrogens is 1. The third-order valence-electron chi connectivity index (χ3n) is 5.12. The van der Waals surface area contributed by atoms with E-state index in [0.717, 1.165) is 62.6 Å². The van der Waals surface area contributed by atoms with Crippen molar-refractivity contribution in [3.05, 3.63) is 35.5 Å². The lowest BCUT2D eigenvalue weighted by molar-refractivity contribution is -0.136. The quantitative estimate of drug-likeness (QED) is 0.889. The van der Waals surface area contributed by atoms with Gasteiger partial charge in [-0.15, -0.1) is 0 Å². The molecule has 0 saturated carbocycles. The fourth-order valence-electron chi connectivity index (χ4n) is 3.73. The van der Waals surface area contributed by atoms with Gasteiger partial charge in [-0.3, -0.25) is 14.9 Å². The molecule has 1 amide bonds. The third kappa shape index (κ3) is 2.74. The van der Waals surface area contributed by atoms with Crippen molar-refractivity contribution < 1.29 is 4.79 Å². The van der Waals surface area contributed by atoms with E-state index in [-0.39, 0.29) is 11.8 Å². The van der Waals surface area contributed by atoms with Gasteiger partial charge in [0, 0.05) is 56.6 Å². The molecule has 126 valence electrons. The van der Waals surface area contributed by atoms with Crippen LogP contribution in [0.1, 0.15) is 23.4 Å². The molecule has 0 spiro atoms. The molecule has 4 rings (SSSR count). The number of carbonyl (C=O) groups is 1. The molecule has 1 fully saturated rings. The number of nitrogens with one attached hydrogen (secondary N) is 1. The molecule has 3 heterocycles. The summed E-state index contributed by atoms with van der Waals surface area (Å²) in [5.41, 5.74) is 3.34. The van der Waals surface area contributed by atoms with Gasteiger partial charge < -0.3 is 9.80 Å². The summed E-state index contributed by atoms with van der Waals surface area (Å²) in [6.45, 7) is 5.10. The largest absolute Gasteiger partial charge is 0.352 e. The Morgan fingerprint density at radius 1 is 1.21 bits per heavy atom. The maximum atomic E-state index is 12.8. The Labute approximate surface area is 141 Å². The van der Waals surface area contributed by atoms with Crippen LogP contribution < -0.4 is 4.90 Å². The van der Waals surface area contributed by atoms with E-state index in [1.165, 1.54) is 5.56 Å². The minimum atomic E-state index is 0.0859. The number of hydrogen-bond donors (Lipinski definition) is 1. The standard InChI is InChI=1S/C17H22N6O/c1-12-16(19-5-4-18-12)22-6-8-23(9-7-22)17(24)13-2-3-14-11-20-21-15(14)10-13/h4-5,11,13H,2-3,6-10H2,1H3,(H,20,21). The molecule has 2 aromatic rings. The summed E-state index contributed by atoms with van der Waals surface area (Å²) in [5.74, 6) is 1.30. The molecule has 1 atom stereocenters. The maximum absolute atomic E-state index is 12.8. The Morgan fingerprint density at radius 2 is 2.00 bits per heavy atom. The molecule has 1 N–H and O–H groups in total. The van der Waals surface area contributed by atoms with Crippen molar-refractivity contribution in [2.45, 2.75) is 26.2 Å². The van der Waals surface area contributed by atoms with E-state index in [0.29, 0.717) is 0 Å². The number of aryl methyl sites for hydroxylation is 2. The monoisotopic (exact) mass is 326 g/mol. The number of nitrogens with zero attached hydrogens (tertiary/aromatic N) is 5. The van der Waals surface area contributed by atoms with Crippen LogP contribution in [0.4, 0.5) is 5.82 Å². The van der Waals surface area contributed by atoms with E-state index in [2.05, 4.69) is 25.1 Å². The highest BCUT2D eigenvalue weighted by Gasteiger charge is 2.31. The smallest absolute Gasteiger partial charge is 0.226 e. The van der Waals surface area contributed by atoms with Crippen LogP contribution in [-0.4, -0.2) is 57.2 Å². The van der Waals surface area contributed by atoms with Crippen LogP contribution in [0, 0.1) is 12.8 Å². The van der Waals surface area contributed by atoms with Crippen LogP contribution in [0.5, 0.6) is 0 Å². The van der Waals surface area contributed by atoms with Gasteiger partial charge in [-0.05, 0) is 25.3 Å². The Hall–Kier alpha value is -2.44. The summed E-state index contributed by atoms with van der Waals surface area (Å²) < 4.78 is 0. The highest BCUT2D eigenvalue weighted by Crippen LogP contribution is 2.26. The predicted molar refractivity (Wildman–Crippen MR) is 89.7 cm³/mol. The minimum Gasteiger partial charge on any atom is -0.352 e. The molecule has 2 aliphatic rings. The second-order valence-corrected chi connectivity index (χ2v) is 6.59. The van der Waals surface area contributed by atoms with Crippen molar-refractivity contribution in [3.63, 3.8) is 0 Å². The molecular formula is C17H22N6O. The zero-order valence-electron chi connectivity index (χ0n) is 13.9. The highest BCUT2D eigenvalue weighted by molar-refractivity contribution is 5.79. The Kier molecular flexibility index (Phi) is 3.92. The molecule has 7 heteroatoms. The van der Waals surface area contributed by atoms with Crippen molar-refractivity contribution in [3.8, 4) is 0 Å². The van der Waals surface area contributed by atoms with Crippen molar-refractivity contribution in [2.24, 2.45) is 5.92 Å². The molecule has 0 aromatic carbocycles. The van der Waals surface area contributed by atoms with Crippen LogP contribution in [0.3, 0.4) is 0 Å². The number of rotatable bonds is 2. The number of hydrogen-bond acceptors (Lipinski definition) is 5. The number of carbonyl (C=O) groups excluding carboxylic acids is 1. The van der Waals surface area contributed by atoms with Crippen LogP contribution in [0.25, 0.3) is 0 Å². The van der Waals surface area contributed by atoms with E-state index in [1.807, 2.05) is 18.0 Å². The fourth-order valence-corrected chi connectivity index (χ4v) is 3.73. The van der Waals surface area contributed by atoms with Crippen LogP contribution in [0.15, 0.2) is 18.6 Å². The average Bonchev–Trinajstić information content (AvgIpc) is 3.09. The first kappa shape index (κ1) is 15.1. The zero-order valence-corrected chi connectivity index (χ0v) is 13.9. The molecule has 2 aromatic heterocycles. The van der Waals surface area contributed by atoms with E-state index >= 15 is 0 Å². The van der Waals surface area contributed by atoms with E-state index in [4.69, 9.17) is 0 Å². The summed E-state index contributed by atoms with van der Waals surface area (Å²) >= 11 is 0. The Morgan fingerprint density at radius 3 is 2.79 bits per heavy atom. The first-order chi connectivity index (χ1) is 11.7. The first-order valence-electron chi connectivity index (χ1n) is 8.55. The van der Waals surface area contributed by atoms with Gasteiger partial charge in [-0.1, -0.05) is 0 Å². The van der Waals surface area contributed by atoms with Gasteiger partial charge >= 0.3 is 0 Å². The molecule has 1 unspecified atom stereocenters. The van der Waals surface area contributed by atoms with Gasteiger partial charge in [-0.25, -0.2) is 4.98 Å². The molecule has 1 aliphatic heterocycles. The summed E-state index contributed by atoms with van der Waals surface area (Å²) in [7, 11) is 0. The molecular weight excluding hydrogens is 304 g/mol. The Balaban J connectivity index is 1.38. The Bertz CT molecular complexity index is 734. The summed E-state index contributed by atoms with van der Waals surface area (Å²) in [6.07, 6.45) is 7.99. The van der Waals surface area contributed by atoms with Crippen LogP contribution in [0.2, 0.25) is 0 Å². The van der Waals surface area contributed by atoms with Crippen molar-refractivity contribution in [2.75, 3.05) is 31.1 Å². The predicted octanol–water partition coefficient (Wildman–Crippen LogP) is 0.962. The first-order valence-corrected chi connectivity index (χ1v) is 8.55. The molecule has 1 saturated heterocycles. The number of anilines is 1. The lowest BCUT2D eigenvalue weighted by Gasteiger charge is -2.37. The minimum absolute atomic E-state index is 0.0859. The number of amides is 1. The average molecular weight is 326 g/mol. The van der Waals surface area contributed by atoms with E-state index < -0.39 is 0 Å². The van der Waals surface area contributed by atoms with Gasteiger partial charge in [0.1, 0.15) is 5.82 Å². The van der Waals surface area contributed by atoms with E-state index in [9.17, 15) is 4.79 Å². The lowest BCUT2D eigenvalue weighted by Crippen LogP contribution is -2.51. The number of aromatic nitrogens is 4. The number of piperazine rings is 1. The molecule has 0 radical (unpaired) electrons. The summed E-state index contributed by atoms with van der Waals surface area (Å²) in [5, 5.41) is 7.13. The highest BCUT2D eigenvalue weighted by atomic mass is 16.2. The second-order valence-electron chi connectivity index (χ2n) is 6.59. The van der Waals surface area contributed by atoms with Gasteiger partial charge in [0.15, 0.2) is 0 Å². The maximum Gasteiger partial charge on any atom is 0.226 e. The zero-order chi connectivity index (χ0) is 16.5. The fraction of sp³-hybridized carbons (Fsp3) is 0.529. The molecule has 24 heavy (non-hydrogen) atoms. The number of aromatic amines is 1. The van der Waals surface area contributed by atoms with E-state index in [1.54, 1.807) is 12.4 Å². The summed E-state index contributed by atoms with van der Waals surface area (Å²) in [6, 6.07) is 0. The molecule has 0 bridgehead atoms.